The summed E-state index contributed by atoms with van der Waals surface area (Å²) in [6.07, 6.45) is 3.50. The number of rotatable bonds is 16. The van der Waals surface area contributed by atoms with Crippen LogP contribution < -0.4 is 27.4 Å². The average molecular weight is 567 g/mol. The summed E-state index contributed by atoms with van der Waals surface area (Å²) in [7, 11) is 0. The molecular formula is C29H38N6O6. The van der Waals surface area contributed by atoms with Gasteiger partial charge in [0.05, 0.1) is 12.6 Å². The van der Waals surface area contributed by atoms with Crippen molar-refractivity contribution in [2.24, 2.45) is 11.5 Å². The van der Waals surface area contributed by atoms with E-state index in [0.29, 0.717) is 31.4 Å². The predicted molar refractivity (Wildman–Crippen MR) is 154 cm³/mol. The maximum Gasteiger partial charge on any atom is 0.326 e. The number of aromatic amines is 1. The zero-order valence-electron chi connectivity index (χ0n) is 22.7. The average Bonchev–Trinajstić information content (AvgIpc) is 3.38. The largest absolute Gasteiger partial charge is 0.480 e. The SMILES string of the molecule is NCCCCC(N)C(=O)NC(Cc1ccccc1)C(=O)NC(CO)C(=O)NC(Cc1c[nH]c2ccccc12)C(=O)O. The Morgan fingerprint density at radius 2 is 1.44 bits per heavy atom. The summed E-state index contributed by atoms with van der Waals surface area (Å²) in [5, 5.41) is 28.0. The number of unbranched alkanes of at least 4 members (excludes halogenated alkanes) is 1. The Hall–Kier alpha value is -4.26. The number of amides is 3. The van der Waals surface area contributed by atoms with E-state index in [1.807, 2.05) is 30.3 Å². The number of fused-ring (bicyclic) bond motifs is 1. The third kappa shape index (κ3) is 9.13. The Kier molecular flexibility index (Phi) is 11.8. The van der Waals surface area contributed by atoms with E-state index in [4.69, 9.17) is 11.5 Å². The van der Waals surface area contributed by atoms with Crippen molar-refractivity contribution in [3.8, 4) is 0 Å². The number of carboxylic acids is 1. The van der Waals surface area contributed by atoms with Gasteiger partial charge in [-0.15, -0.1) is 0 Å². The molecule has 3 rings (SSSR count). The Morgan fingerprint density at radius 3 is 2.12 bits per heavy atom. The van der Waals surface area contributed by atoms with Gasteiger partial charge in [-0.3, -0.25) is 14.4 Å². The first kappa shape index (κ1) is 31.3. The van der Waals surface area contributed by atoms with Crippen LogP contribution in [0.2, 0.25) is 0 Å². The summed E-state index contributed by atoms with van der Waals surface area (Å²) in [5.74, 6) is -3.41. The van der Waals surface area contributed by atoms with Gasteiger partial charge in [-0.05, 0) is 36.6 Å². The standard InChI is InChI=1S/C29H38N6O6/c30-13-7-6-11-21(31)26(37)33-23(14-18-8-2-1-3-9-18)27(38)35-25(17-36)28(39)34-24(29(40)41)15-19-16-32-22-12-5-4-10-20(19)22/h1-5,8-10,12,16,21,23-25,32,36H,6-7,11,13-15,17,30-31H2,(H,33,37)(H,34,39)(H,35,38)(H,40,41). The molecule has 1 heterocycles. The highest BCUT2D eigenvalue weighted by atomic mass is 16.4. The monoisotopic (exact) mass is 566 g/mol. The van der Waals surface area contributed by atoms with Crippen LogP contribution in [0.3, 0.4) is 0 Å². The molecule has 41 heavy (non-hydrogen) atoms. The van der Waals surface area contributed by atoms with Gasteiger partial charge in [0.2, 0.25) is 17.7 Å². The Morgan fingerprint density at radius 1 is 0.805 bits per heavy atom. The van der Waals surface area contributed by atoms with Crippen LogP contribution >= 0.6 is 0 Å². The molecule has 0 aliphatic rings. The molecular weight excluding hydrogens is 528 g/mol. The van der Waals surface area contributed by atoms with Crippen molar-refractivity contribution in [3.63, 3.8) is 0 Å². The highest BCUT2D eigenvalue weighted by Crippen LogP contribution is 2.19. The number of nitrogens with two attached hydrogens (primary N) is 2. The first-order valence-corrected chi connectivity index (χ1v) is 13.5. The van der Waals surface area contributed by atoms with Gasteiger partial charge in [-0.2, -0.15) is 0 Å². The van der Waals surface area contributed by atoms with Crippen LogP contribution in [-0.4, -0.2) is 76.2 Å². The number of aliphatic hydroxyl groups excluding tert-OH is 1. The number of aliphatic hydroxyl groups is 1. The molecule has 0 bridgehead atoms. The Labute approximate surface area is 237 Å². The number of carboxylic acid groups (broad SMARTS) is 1. The fraction of sp³-hybridized carbons (Fsp3) is 0.379. The molecule has 220 valence electrons. The number of para-hydroxylation sites is 1. The van der Waals surface area contributed by atoms with Crippen LogP contribution in [0.15, 0.2) is 60.8 Å². The van der Waals surface area contributed by atoms with Gasteiger partial charge in [0.1, 0.15) is 18.1 Å². The molecule has 10 N–H and O–H groups in total. The van der Waals surface area contributed by atoms with E-state index in [1.165, 1.54) is 0 Å². The molecule has 3 aromatic rings. The van der Waals surface area contributed by atoms with Crippen molar-refractivity contribution in [1.29, 1.82) is 0 Å². The molecule has 12 heteroatoms. The van der Waals surface area contributed by atoms with Crippen LogP contribution in [-0.2, 0) is 32.0 Å². The van der Waals surface area contributed by atoms with Crippen LogP contribution in [0.25, 0.3) is 10.9 Å². The van der Waals surface area contributed by atoms with Crippen molar-refractivity contribution in [2.45, 2.75) is 56.3 Å². The van der Waals surface area contributed by atoms with Crippen LogP contribution in [0.4, 0.5) is 0 Å². The number of aromatic nitrogens is 1. The summed E-state index contributed by atoms with van der Waals surface area (Å²) in [6, 6.07) is 11.6. The van der Waals surface area contributed by atoms with Gasteiger partial charge >= 0.3 is 5.97 Å². The molecule has 0 aliphatic carbocycles. The van der Waals surface area contributed by atoms with Crippen molar-refractivity contribution in [2.75, 3.05) is 13.2 Å². The minimum Gasteiger partial charge on any atom is -0.480 e. The molecule has 1 aromatic heterocycles. The predicted octanol–water partition coefficient (Wildman–Crippen LogP) is -0.0593. The maximum absolute atomic E-state index is 13.3. The minimum atomic E-state index is -1.46. The quantitative estimate of drug-likeness (QED) is 0.110. The number of carbonyl (C=O) groups excluding carboxylic acids is 3. The molecule has 4 atom stereocenters. The van der Waals surface area contributed by atoms with Crippen molar-refractivity contribution < 1.29 is 29.4 Å². The number of carbonyl (C=O) groups is 4. The molecule has 0 aliphatic heterocycles. The minimum absolute atomic E-state index is 0.0219. The lowest BCUT2D eigenvalue weighted by atomic mass is 10.0. The van der Waals surface area contributed by atoms with Gasteiger partial charge < -0.3 is 42.6 Å². The normalized spacial score (nSPS) is 14.0. The molecule has 0 spiro atoms. The second-order valence-corrected chi connectivity index (χ2v) is 9.85. The van der Waals surface area contributed by atoms with Gasteiger partial charge in [0.25, 0.3) is 0 Å². The fourth-order valence-corrected chi connectivity index (χ4v) is 4.44. The van der Waals surface area contributed by atoms with Gasteiger partial charge in [0.15, 0.2) is 0 Å². The second kappa shape index (κ2) is 15.5. The molecule has 4 unspecified atom stereocenters. The van der Waals surface area contributed by atoms with Crippen molar-refractivity contribution >= 4 is 34.6 Å². The number of H-pyrrole nitrogens is 1. The maximum atomic E-state index is 13.3. The van der Waals surface area contributed by atoms with E-state index in [0.717, 1.165) is 16.5 Å². The van der Waals surface area contributed by atoms with E-state index in [-0.39, 0.29) is 12.8 Å². The molecule has 0 radical (unpaired) electrons. The molecule has 0 saturated heterocycles. The zero-order chi connectivity index (χ0) is 29.8. The summed E-state index contributed by atoms with van der Waals surface area (Å²) in [5.41, 5.74) is 13.8. The first-order valence-electron chi connectivity index (χ1n) is 13.5. The number of hydrogen-bond donors (Lipinski definition) is 8. The lowest BCUT2D eigenvalue weighted by molar-refractivity contribution is -0.142. The lowest BCUT2D eigenvalue weighted by Gasteiger charge is -2.24. The molecule has 2 aromatic carbocycles. The third-order valence-corrected chi connectivity index (χ3v) is 6.75. The topological polar surface area (TPSA) is 213 Å². The highest BCUT2D eigenvalue weighted by molar-refractivity contribution is 5.94. The number of aliphatic carboxylic acids is 1. The fourth-order valence-electron chi connectivity index (χ4n) is 4.44. The van der Waals surface area contributed by atoms with Gasteiger partial charge in [0, 0.05) is 29.9 Å². The van der Waals surface area contributed by atoms with Gasteiger partial charge in [-0.1, -0.05) is 55.0 Å². The number of benzene rings is 2. The van der Waals surface area contributed by atoms with E-state index in [1.54, 1.807) is 30.5 Å². The molecule has 0 saturated carbocycles. The Bertz CT molecular complexity index is 1310. The third-order valence-electron chi connectivity index (χ3n) is 6.75. The Balaban J connectivity index is 1.69. The van der Waals surface area contributed by atoms with E-state index < -0.39 is 54.5 Å². The van der Waals surface area contributed by atoms with E-state index in [9.17, 15) is 29.4 Å². The number of hydrogen-bond acceptors (Lipinski definition) is 7. The first-order chi connectivity index (χ1) is 19.7. The van der Waals surface area contributed by atoms with Crippen molar-refractivity contribution in [1.82, 2.24) is 20.9 Å². The van der Waals surface area contributed by atoms with Crippen molar-refractivity contribution in [3.05, 3.63) is 71.9 Å². The second-order valence-electron chi connectivity index (χ2n) is 9.85. The lowest BCUT2D eigenvalue weighted by Crippen LogP contribution is -2.58. The van der Waals surface area contributed by atoms with E-state index >= 15 is 0 Å². The highest BCUT2D eigenvalue weighted by Gasteiger charge is 2.30. The van der Waals surface area contributed by atoms with Gasteiger partial charge in [-0.25, -0.2) is 4.79 Å². The molecule has 0 fully saturated rings. The summed E-state index contributed by atoms with van der Waals surface area (Å²) >= 11 is 0. The molecule has 3 amide bonds. The van der Waals surface area contributed by atoms with Crippen LogP contribution in [0, 0.1) is 0 Å². The van der Waals surface area contributed by atoms with Crippen LogP contribution in [0.5, 0.6) is 0 Å². The number of nitrogens with one attached hydrogen (secondary N) is 4. The summed E-state index contributed by atoms with van der Waals surface area (Å²) in [6.45, 7) is -0.315. The van der Waals surface area contributed by atoms with E-state index in [2.05, 4.69) is 20.9 Å². The summed E-state index contributed by atoms with van der Waals surface area (Å²) < 4.78 is 0. The van der Waals surface area contributed by atoms with Crippen LogP contribution in [0.1, 0.15) is 30.4 Å². The summed E-state index contributed by atoms with van der Waals surface area (Å²) in [4.78, 5) is 54.1. The molecule has 12 nitrogen and oxygen atoms in total. The zero-order valence-corrected chi connectivity index (χ0v) is 22.7. The smallest absolute Gasteiger partial charge is 0.326 e.